The quantitative estimate of drug-likeness (QED) is 0.545. The van der Waals surface area contributed by atoms with E-state index in [4.69, 9.17) is 16.3 Å². The molecule has 0 aromatic heterocycles. The zero-order chi connectivity index (χ0) is 25.8. The van der Waals surface area contributed by atoms with Crippen LogP contribution in [-0.4, -0.2) is 56.2 Å². The van der Waals surface area contributed by atoms with Crippen molar-refractivity contribution < 1.29 is 31.5 Å². The minimum atomic E-state index is -3.51. The number of sulfone groups is 1. The normalized spacial score (nSPS) is 24.1. The van der Waals surface area contributed by atoms with E-state index in [9.17, 15) is 26.8 Å². The summed E-state index contributed by atoms with van der Waals surface area (Å²) in [7, 11) is -3.51. The Kier molecular flexibility index (Phi) is 6.55. The molecule has 11 heteroatoms. The highest BCUT2D eigenvalue weighted by atomic mass is 35.5. The molecule has 4 atom stereocenters. The van der Waals surface area contributed by atoms with Crippen molar-refractivity contribution in [3.8, 4) is 0 Å². The molecule has 5 rings (SSSR count). The number of nitrogens with zero attached hydrogens (tertiary/aromatic N) is 1. The number of fused-ring (bicyclic) bond motifs is 1. The maximum atomic E-state index is 14.7. The summed E-state index contributed by atoms with van der Waals surface area (Å²) in [6.07, 6.45) is 1.21. The molecule has 3 fully saturated rings. The molecule has 2 saturated heterocycles. The lowest BCUT2D eigenvalue weighted by molar-refractivity contribution is -0.128. The first-order valence-electron chi connectivity index (χ1n) is 11.8. The Morgan fingerprint density at radius 2 is 1.92 bits per heavy atom. The molecule has 2 aromatic rings. The Bertz CT molecular complexity index is 1330. The van der Waals surface area contributed by atoms with Gasteiger partial charge in [-0.05, 0) is 49.1 Å². The van der Waals surface area contributed by atoms with Crippen molar-refractivity contribution in [1.82, 2.24) is 10.2 Å². The third-order valence-electron chi connectivity index (χ3n) is 7.27. The first-order valence-corrected chi connectivity index (χ1v) is 13.8. The van der Waals surface area contributed by atoms with Crippen LogP contribution in [0.15, 0.2) is 41.3 Å². The van der Waals surface area contributed by atoms with Crippen molar-refractivity contribution in [3.63, 3.8) is 0 Å². The van der Waals surface area contributed by atoms with E-state index >= 15 is 0 Å². The largest absolute Gasteiger partial charge is 0.381 e. The van der Waals surface area contributed by atoms with Crippen molar-refractivity contribution in [2.75, 3.05) is 19.0 Å². The van der Waals surface area contributed by atoms with Crippen LogP contribution in [0.2, 0.25) is 5.02 Å². The van der Waals surface area contributed by atoms with Crippen molar-refractivity contribution in [2.45, 2.75) is 42.8 Å². The average molecular weight is 539 g/mol. The van der Waals surface area contributed by atoms with Gasteiger partial charge in [-0.1, -0.05) is 24.6 Å². The van der Waals surface area contributed by atoms with E-state index in [0.717, 1.165) is 18.6 Å². The average Bonchev–Trinajstić information content (AvgIpc) is 3.48. The predicted octanol–water partition coefficient (Wildman–Crippen LogP) is 3.52. The molecular weight excluding hydrogens is 514 g/mol. The third-order valence-corrected chi connectivity index (χ3v) is 9.29. The SMILES string of the molecule is CCS(=O)(=O)c1cccc(C(=O)N2[C@@H](C(=O)NC(c3cc(F)c(Cl)cc3F)C3COC3)C[C@H]3C[C@H]32)c1. The molecule has 36 heavy (non-hydrogen) atoms. The van der Waals surface area contributed by atoms with Crippen LogP contribution in [0.4, 0.5) is 8.78 Å². The van der Waals surface area contributed by atoms with Gasteiger partial charge in [0.15, 0.2) is 9.84 Å². The van der Waals surface area contributed by atoms with Gasteiger partial charge in [-0.3, -0.25) is 9.59 Å². The minimum Gasteiger partial charge on any atom is -0.381 e. The second-order valence-electron chi connectivity index (χ2n) is 9.53. The maximum Gasteiger partial charge on any atom is 0.254 e. The molecule has 0 radical (unpaired) electrons. The van der Waals surface area contributed by atoms with Crippen molar-refractivity contribution in [1.29, 1.82) is 0 Å². The molecule has 3 aliphatic rings. The summed E-state index contributed by atoms with van der Waals surface area (Å²) < 4.78 is 58.7. The number of benzene rings is 2. The Labute approximate surface area is 212 Å². The minimum absolute atomic E-state index is 0.0305. The summed E-state index contributed by atoms with van der Waals surface area (Å²) >= 11 is 5.70. The molecule has 2 amide bonds. The lowest BCUT2D eigenvalue weighted by atomic mass is 9.90. The number of carbonyl (C=O) groups excluding carboxylic acids is 2. The summed E-state index contributed by atoms with van der Waals surface area (Å²) in [5, 5.41) is 2.47. The zero-order valence-corrected chi connectivity index (χ0v) is 21.0. The monoisotopic (exact) mass is 538 g/mol. The van der Waals surface area contributed by atoms with Crippen molar-refractivity contribution >= 4 is 33.3 Å². The van der Waals surface area contributed by atoms with Crippen molar-refractivity contribution in [3.05, 3.63) is 64.2 Å². The van der Waals surface area contributed by atoms with E-state index < -0.39 is 45.4 Å². The van der Waals surface area contributed by atoms with Crippen LogP contribution < -0.4 is 5.32 Å². The summed E-state index contributed by atoms with van der Waals surface area (Å²) in [6.45, 7) is 2.07. The van der Waals surface area contributed by atoms with Gasteiger partial charge in [-0.25, -0.2) is 17.2 Å². The van der Waals surface area contributed by atoms with E-state index in [-0.39, 0.29) is 57.9 Å². The Morgan fingerprint density at radius 3 is 2.58 bits per heavy atom. The van der Waals surface area contributed by atoms with Gasteiger partial charge in [0.05, 0.1) is 34.9 Å². The van der Waals surface area contributed by atoms with Crippen LogP contribution in [0, 0.1) is 23.5 Å². The smallest absolute Gasteiger partial charge is 0.254 e. The molecule has 7 nitrogen and oxygen atoms in total. The summed E-state index contributed by atoms with van der Waals surface area (Å²) in [5.74, 6) is -2.64. The van der Waals surface area contributed by atoms with Gasteiger partial charge in [0.25, 0.3) is 5.91 Å². The van der Waals surface area contributed by atoms with Gasteiger partial charge in [0.1, 0.15) is 17.7 Å². The molecule has 1 aliphatic carbocycles. The van der Waals surface area contributed by atoms with Crippen LogP contribution in [0.5, 0.6) is 0 Å². The van der Waals surface area contributed by atoms with Crippen LogP contribution >= 0.6 is 11.6 Å². The first-order chi connectivity index (χ1) is 17.1. The zero-order valence-electron chi connectivity index (χ0n) is 19.4. The Hall–Kier alpha value is -2.56. The number of ether oxygens (including phenoxy) is 1. The number of nitrogens with one attached hydrogen (secondary N) is 1. The summed E-state index contributed by atoms with van der Waals surface area (Å²) in [6, 6.07) is 5.90. The Balaban J connectivity index is 1.40. The molecule has 192 valence electrons. The molecule has 1 N–H and O–H groups in total. The summed E-state index contributed by atoms with van der Waals surface area (Å²) in [5.41, 5.74) is 0.154. The second kappa shape index (κ2) is 9.39. The lowest BCUT2D eigenvalue weighted by Gasteiger charge is -2.36. The second-order valence-corrected chi connectivity index (χ2v) is 12.2. The number of piperidine rings is 1. The number of likely N-dealkylation sites (tertiary alicyclic amines) is 1. The van der Waals surface area contributed by atoms with Gasteiger partial charge in [0, 0.05) is 23.1 Å². The fraction of sp³-hybridized carbons (Fsp3) is 0.440. The molecule has 2 heterocycles. The molecular formula is C25H25ClF2N2O5S. The molecule has 0 bridgehead atoms. The van der Waals surface area contributed by atoms with Gasteiger partial charge in [0.2, 0.25) is 5.91 Å². The molecule has 2 aromatic carbocycles. The number of carbonyl (C=O) groups is 2. The first kappa shape index (κ1) is 25.1. The third kappa shape index (κ3) is 4.50. The highest BCUT2D eigenvalue weighted by molar-refractivity contribution is 7.91. The molecule has 0 spiro atoms. The van der Waals surface area contributed by atoms with E-state index in [2.05, 4.69) is 5.32 Å². The fourth-order valence-corrected chi connectivity index (χ4v) is 6.12. The predicted molar refractivity (Wildman–Crippen MR) is 127 cm³/mol. The molecule has 1 saturated carbocycles. The number of amides is 2. The van der Waals surface area contributed by atoms with Crippen LogP contribution in [0.25, 0.3) is 0 Å². The number of hydrogen-bond acceptors (Lipinski definition) is 5. The number of rotatable bonds is 7. The molecule has 1 unspecified atom stereocenters. The van der Waals surface area contributed by atoms with E-state index in [1.165, 1.54) is 36.1 Å². The molecule has 2 aliphatic heterocycles. The van der Waals surface area contributed by atoms with Gasteiger partial charge >= 0.3 is 0 Å². The van der Waals surface area contributed by atoms with Crippen LogP contribution in [-0.2, 0) is 19.4 Å². The van der Waals surface area contributed by atoms with Gasteiger partial charge < -0.3 is 15.0 Å². The van der Waals surface area contributed by atoms with Gasteiger partial charge in [-0.15, -0.1) is 0 Å². The topological polar surface area (TPSA) is 92.8 Å². The van der Waals surface area contributed by atoms with E-state index in [1.54, 1.807) is 0 Å². The van der Waals surface area contributed by atoms with E-state index in [0.29, 0.717) is 6.42 Å². The lowest BCUT2D eigenvalue weighted by Crippen LogP contribution is -2.51. The highest BCUT2D eigenvalue weighted by Gasteiger charge is 2.56. The highest BCUT2D eigenvalue weighted by Crippen LogP contribution is 2.48. The standard InChI is InChI=1S/C25H25ClF2N2O5S/c1-2-36(33,34)16-5-3-4-13(6-16)25(32)30-21-7-14(21)8-22(30)24(31)29-23(15-11-35-12-15)17-9-20(28)18(26)10-19(17)27/h3-6,9-10,14-15,21-23H,2,7-8,11-12H2,1H3,(H,29,31)/t14-,21-,22-,23?/m1/s1. The van der Waals surface area contributed by atoms with Gasteiger partial charge in [-0.2, -0.15) is 0 Å². The van der Waals surface area contributed by atoms with Crippen LogP contribution in [0.3, 0.4) is 0 Å². The van der Waals surface area contributed by atoms with E-state index in [1.807, 2.05) is 0 Å². The van der Waals surface area contributed by atoms with Crippen LogP contribution in [0.1, 0.15) is 41.7 Å². The fourth-order valence-electron chi connectivity index (χ4n) is 5.04. The van der Waals surface area contributed by atoms with Crippen molar-refractivity contribution in [2.24, 2.45) is 11.8 Å². The number of hydrogen-bond donors (Lipinski definition) is 1. The number of halogens is 3. The maximum absolute atomic E-state index is 14.7. The summed E-state index contributed by atoms with van der Waals surface area (Å²) in [4.78, 5) is 28.5. The Morgan fingerprint density at radius 1 is 1.17 bits per heavy atom.